The molecular weight excluding hydrogens is 370 g/mol. The van der Waals surface area contributed by atoms with Crippen LogP contribution in [0, 0.1) is 0 Å². The maximum Gasteiger partial charge on any atom is 0.238 e. The monoisotopic (exact) mass is 393 g/mol. The van der Waals surface area contributed by atoms with Gasteiger partial charge < -0.3 is 14.8 Å². The van der Waals surface area contributed by atoms with Crippen molar-refractivity contribution in [2.75, 3.05) is 14.2 Å². The first-order valence-corrected chi connectivity index (χ1v) is 9.84. The van der Waals surface area contributed by atoms with Gasteiger partial charge in [0.25, 0.3) is 0 Å². The largest absolute Gasteiger partial charge is 0.493 e. The van der Waals surface area contributed by atoms with Crippen LogP contribution in [0.15, 0.2) is 83.8 Å². The highest BCUT2D eigenvalue weighted by Gasteiger charge is 2.21. The van der Waals surface area contributed by atoms with Crippen molar-refractivity contribution in [3.05, 3.63) is 90.0 Å². The van der Waals surface area contributed by atoms with Crippen LogP contribution >= 0.6 is 11.8 Å². The summed E-state index contributed by atoms with van der Waals surface area (Å²) in [5.41, 5.74) is 1.92. The normalized spacial score (nSPS) is 11.5. The Morgan fingerprint density at radius 3 is 2.18 bits per heavy atom. The molecule has 0 aliphatic rings. The molecule has 1 amide bonds. The Balaban J connectivity index is 1.74. The maximum absolute atomic E-state index is 13.0. The molecular formula is C23H23NO3S. The highest BCUT2D eigenvalue weighted by Crippen LogP contribution is 2.35. The van der Waals surface area contributed by atoms with Crippen LogP contribution in [0.1, 0.15) is 16.4 Å². The van der Waals surface area contributed by atoms with E-state index >= 15 is 0 Å². The summed E-state index contributed by atoms with van der Waals surface area (Å²) in [5.74, 6) is 1.28. The predicted octanol–water partition coefficient (Wildman–Crippen LogP) is 4.85. The van der Waals surface area contributed by atoms with Crippen LogP contribution in [0.4, 0.5) is 0 Å². The minimum atomic E-state index is -0.330. The van der Waals surface area contributed by atoms with Crippen molar-refractivity contribution < 1.29 is 14.3 Å². The summed E-state index contributed by atoms with van der Waals surface area (Å²) in [6.07, 6.45) is 0. The molecule has 1 N–H and O–H groups in total. The fourth-order valence-corrected chi connectivity index (χ4v) is 3.88. The van der Waals surface area contributed by atoms with Gasteiger partial charge in [-0.25, -0.2) is 0 Å². The number of carbonyl (C=O) groups is 1. The third-order valence-corrected chi connectivity index (χ3v) is 5.52. The van der Waals surface area contributed by atoms with Gasteiger partial charge in [0.15, 0.2) is 11.5 Å². The predicted molar refractivity (Wildman–Crippen MR) is 113 cm³/mol. The summed E-state index contributed by atoms with van der Waals surface area (Å²) >= 11 is 1.54. The SMILES string of the molecule is COc1ccc(CNC(=O)C(Sc2ccccc2)c2ccccc2)cc1OC. The maximum atomic E-state index is 13.0. The molecule has 3 aromatic carbocycles. The highest BCUT2D eigenvalue weighted by molar-refractivity contribution is 8.00. The van der Waals surface area contributed by atoms with E-state index in [1.54, 1.807) is 26.0 Å². The quantitative estimate of drug-likeness (QED) is 0.556. The van der Waals surface area contributed by atoms with E-state index in [-0.39, 0.29) is 11.2 Å². The highest BCUT2D eigenvalue weighted by atomic mass is 32.2. The molecule has 5 heteroatoms. The first-order valence-electron chi connectivity index (χ1n) is 8.96. The first kappa shape index (κ1) is 19.8. The molecule has 1 atom stereocenters. The molecule has 0 aliphatic carbocycles. The van der Waals surface area contributed by atoms with E-state index in [1.807, 2.05) is 78.9 Å². The second-order valence-electron chi connectivity index (χ2n) is 6.13. The zero-order valence-corrected chi connectivity index (χ0v) is 16.7. The minimum Gasteiger partial charge on any atom is -0.493 e. The van der Waals surface area contributed by atoms with Crippen LogP contribution in [0.5, 0.6) is 11.5 Å². The number of rotatable bonds is 8. The average molecular weight is 394 g/mol. The molecule has 1 unspecified atom stereocenters. The molecule has 0 spiro atoms. The van der Waals surface area contributed by atoms with Crippen LogP contribution in [0.25, 0.3) is 0 Å². The second-order valence-corrected chi connectivity index (χ2v) is 7.31. The van der Waals surface area contributed by atoms with Gasteiger partial charge in [0.1, 0.15) is 5.25 Å². The summed E-state index contributed by atoms with van der Waals surface area (Å²) in [4.78, 5) is 14.1. The molecule has 4 nitrogen and oxygen atoms in total. The van der Waals surface area contributed by atoms with Gasteiger partial charge in [-0.05, 0) is 35.4 Å². The molecule has 0 aliphatic heterocycles. The standard InChI is InChI=1S/C23H23NO3S/c1-26-20-14-13-17(15-21(20)27-2)16-24-23(25)22(18-9-5-3-6-10-18)28-19-11-7-4-8-12-19/h3-15,22H,16H2,1-2H3,(H,24,25). The smallest absolute Gasteiger partial charge is 0.238 e. The van der Waals surface area contributed by atoms with Gasteiger partial charge in [0.05, 0.1) is 14.2 Å². The fourth-order valence-electron chi connectivity index (χ4n) is 2.81. The Kier molecular flexibility index (Phi) is 6.98. The third-order valence-electron chi connectivity index (χ3n) is 4.25. The van der Waals surface area contributed by atoms with Crippen molar-refractivity contribution in [2.24, 2.45) is 0 Å². The van der Waals surface area contributed by atoms with Gasteiger partial charge >= 0.3 is 0 Å². The van der Waals surface area contributed by atoms with Gasteiger partial charge in [0, 0.05) is 11.4 Å². The number of benzene rings is 3. The summed E-state index contributed by atoms with van der Waals surface area (Å²) in [7, 11) is 3.20. The van der Waals surface area contributed by atoms with Crippen LogP contribution in [-0.2, 0) is 11.3 Å². The van der Waals surface area contributed by atoms with Gasteiger partial charge in [-0.2, -0.15) is 0 Å². The molecule has 0 radical (unpaired) electrons. The molecule has 0 saturated heterocycles. The Morgan fingerprint density at radius 1 is 0.893 bits per heavy atom. The molecule has 0 fully saturated rings. The number of carbonyl (C=O) groups excluding carboxylic acids is 1. The van der Waals surface area contributed by atoms with Crippen LogP contribution in [-0.4, -0.2) is 20.1 Å². The van der Waals surface area contributed by atoms with Gasteiger partial charge in [-0.15, -0.1) is 11.8 Å². The number of hydrogen-bond donors (Lipinski definition) is 1. The van der Waals surface area contributed by atoms with E-state index in [0.29, 0.717) is 18.0 Å². The average Bonchev–Trinajstić information content (AvgIpc) is 2.76. The van der Waals surface area contributed by atoms with Crippen molar-refractivity contribution in [3.8, 4) is 11.5 Å². The lowest BCUT2D eigenvalue weighted by atomic mass is 10.1. The topological polar surface area (TPSA) is 47.6 Å². The number of methoxy groups -OCH3 is 2. The summed E-state index contributed by atoms with van der Waals surface area (Å²) in [6.45, 7) is 0.415. The molecule has 0 bridgehead atoms. The number of ether oxygens (including phenoxy) is 2. The molecule has 28 heavy (non-hydrogen) atoms. The van der Waals surface area contributed by atoms with Gasteiger partial charge in [-0.1, -0.05) is 54.6 Å². The molecule has 0 aromatic heterocycles. The van der Waals surface area contributed by atoms with E-state index in [2.05, 4.69) is 5.32 Å². The zero-order chi connectivity index (χ0) is 19.8. The van der Waals surface area contributed by atoms with Crippen LogP contribution < -0.4 is 14.8 Å². The number of hydrogen-bond acceptors (Lipinski definition) is 4. The Morgan fingerprint density at radius 2 is 1.54 bits per heavy atom. The Hall–Kier alpha value is -2.92. The number of nitrogens with one attached hydrogen (secondary N) is 1. The van der Waals surface area contributed by atoms with Crippen molar-refractivity contribution in [3.63, 3.8) is 0 Å². The van der Waals surface area contributed by atoms with E-state index in [1.165, 1.54) is 0 Å². The first-order chi connectivity index (χ1) is 13.7. The zero-order valence-electron chi connectivity index (χ0n) is 15.9. The number of amides is 1. The Bertz CT molecular complexity index is 900. The fraction of sp³-hybridized carbons (Fsp3) is 0.174. The lowest BCUT2D eigenvalue weighted by molar-refractivity contribution is -0.120. The molecule has 0 saturated carbocycles. The summed E-state index contributed by atoms with van der Waals surface area (Å²) in [5, 5.41) is 2.72. The van der Waals surface area contributed by atoms with Crippen LogP contribution in [0.3, 0.4) is 0 Å². The molecule has 3 aromatic rings. The van der Waals surface area contributed by atoms with Gasteiger partial charge in [-0.3, -0.25) is 4.79 Å². The van der Waals surface area contributed by atoms with E-state index in [4.69, 9.17) is 9.47 Å². The Labute approximate surface area is 169 Å². The summed E-state index contributed by atoms with van der Waals surface area (Å²) in [6, 6.07) is 25.4. The summed E-state index contributed by atoms with van der Waals surface area (Å²) < 4.78 is 10.6. The molecule has 3 rings (SSSR count). The van der Waals surface area contributed by atoms with Gasteiger partial charge in [0.2, 0.25) is 5.91 Å². The van der Waals surface area contributed by atoms with E-state index in [9.17, 15) is 4.79 Å². The van der Waals surface area contributed by atoms with Crippen molar-refractivity contribution in [2.45, 2.75) is 16.7 Å². The lowest BCUT2D eigenvalue weighted by Gasteiger charge is -2.17. The lowest BCUT2D eigenvalue weighted by Crippen LogP contribution is -2.27. The number of thioether (sulfide) groups is 1. The molecule has 0 heterocycles. The van der Waals surface area contributed by atoms with Crippen LogP contribution in [0.2, 0.25) is 0 Å². The van der Waals surface area contributed by atoms with E-state index in [0.717, 1.165) is 16.0 Å². The third kappa shape index (κ3) is 5.08. The minimum absolute atomic E-state index is 0.0326. The van der Waals surface area contributed by atoms with Crippen molar-refractivity contribution >= 4 is 17.7 Å². The molecule has 144 valence electrons. The van der Waals surface area contributed by atoms with E-state index < -0.39 is 0 Å². The van der Waals surface area contributed by atoms with Crippen molar-refractivity contribution in [1.82, 2.24) is 5.32 Å². The second kappa shape index (κ2) is 9.85. The van der Waals surface area contributed by atoms with Crippen molar-refractivity contribution in [1.29, 1.82) is 0 Å².